The molecule has 0 aliphatic carbocycles. The van der Waals surface area contributed by atoms with Crippen molar-refractivity contribution in [3.8, 4) is 11.4 Å². The Morgan fingerprint density at radius 2 is 2.32 bits per heavy atom. The molecule has 0 saturated carbocycles. The number of thiazole rings is 1. The number of fused-ring (bicyclic) bond motifs is 1. The van der Waals surface area contributed by atoms with Crippen LogP contribution in [0.25, 0.3) is 17.5 Å². The number of benzene rings is 1. The number of carbonyl (C=O) groups is 1. The number of urea groups is 1. The van der Waals surface area contributed by atoms with Crippen LogP contribution in [0.2, 0.25) is 0 Å². The molecule has 2 amide bonds. The monoisotopic (exact) mass is 401 g/mol. The molecular formula is C19H17F2N5OS. The Kier molecular flexibility index (Phi) is 4.91. The maximum atomic E-state index is 13.7. The molecule has 1 aliphatic heterocycles. The van der Waals surface area contributed by atoms with E-state index >= 15 is 0 Å². The number of rotatable bonds is 3. The Labute approximate surface area is 163 Å². The van der Waals surface area contributed by atoms with E-state index in [0.717, 1.165) is 28.7 Å². The van der Waals surface area contributed by atoms with Crippen molar-refractivity contribution in [2.75, 3.05) is 5.32 Å². The van der Waals surface area contributed by atoms with Crippen LogP contribution in [0.1, 0.15) is 23.7 Å². The Morgan fingerprint density at radius 3 is 3.07 bits per heavy atom. The van der Waals surface area contributed by atoms with Crippen molar-refractivity contribution in [3.05, 3.63) is 58.1 Å². The van der Waals surface area contributed by atoms with Gasteiger partial charge in [-0.3, -0.25) is 5.10 Å². The summed E-state index contributed by atoms with van der Waals surface area (Å²) < 4.78 is 26.1. The molecule has 9 heteroatoms. The number of aromatic amines is 1. The van der Waals surface area contributed by atoms with Crippen molar-refractivity contribution in [2.24, 2.45) is 0 Å². The second kappa shape index (κ2) is 7.51. The fourth-order valence-electron chi connectivity index (χ4n) is 3.30. The first kappa shape index (κ1) is 18.3. The predicted octanol–water partition coefficient (Wildman–Crippen LogP) is 4.59. The van der Waals surface area contributed by atoms with Gasteiger partial charge >= 0.3 is 6.03 Å². The summed E-state index contributed by atoms with van der Waals surface area (Å²) in [5.41, 5.74) is 5.66. The molecule has 1 aliphatic rings. The molecule has 0 spiro atoms. The van der Waals surface area contributed by atoms with E-state index in [1.165, 1.54) is 29.5 Å². The van der Waals surface area contributed by atoms with Gasteiger partial charge in [-0.05, 0) is 31.2 Å². The molecule has 0 saturated heterocycles. The second-order valence-electron chi connectivity index (χ2n) is 6.54. The average Bonchev–Trinajstić information content (AvgIpc) is 3.33. The van der Waals surface area contributed by atoms with Crippen molar-refractivity contribution in [2.45, 2.75) is 25.9 Å². The summed E-state index contributed by atoms with van der Waals surface area (Å²) in [7, 11) is 0. The van der Waals surface area contributed by atoms with Gasteiger partial charge in [-0.2, -0.15) is 5.10 Å². The first-order valence-electron chi connectivity index (χ1n) is 8.65. The third-order valence-electron chi connectivity index (χ3n) is 4.74. The van der Waals surface area contributed by atoms with Crippen molar-refractivity contribution in [3.63, 3.8) is 0 Å². The molecule has 0 bridgehead atoms. The first-order valence-corrected chi connectivity index (χ1v) is 9.59. The zero-order valence-corrected chi connectivity index (χ0v) is 15.8. The Morgan fingerprint density at radius 1 is 1.46 bits per heavy atom. The van der Waals surface area contributed by atoms with Gasteiger partial charge in [0.05, 0.1) is 18.4 Å². The van der Waals surface area contributed by atoms with Crippen LogP contribution >= 0.6 is 11.3 Å². The molecule has 0 radical (unpaired) electrons. The molecule has 6 nitrogen and oxygen atoms in total. The van der Waals surface area contributed by atoms with Crippen molar-refractivity contribution in [1.29, 1.82) is 0 Å². The van der Waals surface area contributed by atoms with Gasteiger partial charge in [0.15, 0.2) is 0 Å². The fraction of sp³-hybridized carbons (Fsp3) is 0.211. The van der Waals surface area contributed by atoms with Crippen LogP contribution < -0.4 is 5.32 Å². The third kappa shape index (κ3) is 3.40. The quantitative estimate of drug-likeness (QED) is 0.674. The SMILES string of the molecule is CC1Cc2[nH]nc(-c3cscn3)c2CN1C(=O)Nc1ccc(F)c(/C=C/F)c1. The van der Waals surface area contributed by atoms with Gasteiger partial charge in [-0.1, -0.05) is 0 Å². The largest absolute Gasteiger partial charge is 0.322 e. The molecule has 2 aromatic heterocycles. The smallest absolute Gasteiger partial charge is 0.317 e. The average molecular weight is 401 g/mol. The fourth-order valence-corrected chi connectivity index (χ4v) is 3.83. The Bertz CT molecular complexity index is 1030. The van der Waals surface area contributed by atoms with Gasteiger partial charge in [0, 0.05) is 40.4 Å². The molecule has 1 aromatic carbocycles. The summed E-state index contributed by atoms with van der Waals surface area (Å²) in [5, 5.41) is 12.1. The zero-order chi connectivity index (χ0) is 19.7. The number of hydrogen-bond acceptors (Lipinski definition) is 4. The van der Waals surface area contributed by atoms with Crippen LogP contribution in [0, 0.1) is 5.82 Å². The highest BCUT2D eigenvalue weighted by Gasteiger charge is 2.31. The molecule has 2 N–H and O–H groups in total. The third-order valence-corrected chi connectivity index (χ3v) is 5.32. The lowest BCUT2D eigenvalue weighted by Gasteiger charge is -2.33. The number of amides is 2. The number of H-pyrrole nitrogens is 1. The van der Waals surface area contributed by atoms with Crippen LogP contribution in [0.3, 0.4) is 0 Å². The molecule has 4 rings (SSSR count). The minimum Gasteiger partial charge on any atom is -0.317 e. The highest BCUT2D eigenvalue weighted by molar-refractivity contribution is 7.07. The Balaban J connectivity index is 1.56. The standard InChI is InChI=1S/C19H17F2N5OS/c1-11-6-16-14(18(25-24-16)17-9-28-10-22-17)8-26(11)19(27)23-13-2-3-15(21)12(7-13)4-5-20/h2-5,7,9-11H,6,8H2,1H3,(H,23,27)(H,24,25)/b5-4+. The van der Waals surface area contributed by atoms with Gasteiger partial charge in [0.1, 0.15) is 17.2 Å². The Hall–Kier alpha value is -3.07. The number of carbonyl (C=O) groups excluding carboxylic acids is 1. The molecule has 0 fully saturated rings. The number of aromatic nitrogens is 3. The highest BCUT2D eigenvalue weighted by Crippen LogP contribution is 2.30. The maximum Gasteiger partial charge on any atom is 0.322 e. The number of nitrogens with one attached hydrogen (secondary N) is 2. The van der Waals surface area contributed by atoms with E-state index < -0.39 is 5.82 Å². The number of hydrogen-bond donors (Lipinski definition) is 2. The van der Waals surface area contributed by atoms with Crippen LogP contribution in [-0.4, -0.2) is 32.2 Å². The molecule has 28 heavy (non-hydrogen) atoms. The molecular weight excluding hydrogens is 384 g/mol. The number of anilines is 1. The lowest BCUT2D eigenvalue weighted by atomic mass is 9.99. The van der Waals surface area contributed by atoms with Crippen LogP contribution in [0.4, 0.5) is 19.3 Å². The molecule has 144 valence electrons. The summed E-state index contributed by atoms with van der Waals surface area (Å²) in [4.78, 5) is 18.8. The van der Waals surface area contributed by atoms with E-state index in [0.29, 0.717) is 18.7 Å². The van der Waals surface area contributed by atoms with Gasteiger partial charge < -0.3 is 10.2 Å². The van der Waals surface area contributed by atoms with Gasteiger partial charge in [-0.25, -0.2) is 18.6 Å². The van der Waals surface area contributed by atoms with Crippen molar-refractivity contribution >= 4 is 29.1 Å². The summed E-state index contributed by atoms with van der Waals surface area (Å²) in [5.74, 6) is -0.561. The van der Waals surface area contributed by atoms with E-state index in [-0.39, 0.29) is 24.0 Å². The normalized spacial score (nSPS) is 16.4. The molecule has 1 unspecified atom stereocenters. The molecule has 3 aromatic rings. The summed E-state index contributed by atoms with van der Waals surface area (Å²) in [6.07, 6.45) is 1.91. The summed E-state index contributed by atoms with van der Waals surface area (Å²) >= 11 is 1.48. The van der Waals surface area contributed by atoms with E-state index in [1.54, 1.807) is 10.4 Å². The minimum atomic E-state index is -0.561. The van der Waals surface area contributed by atoms with E-state index in [2.05, 4.69) is 20.5 Å². The maximum absolute atomic E-state index is 13.7. The van der Waals surface area contributed by atoms with Crippen molar-refractivity contribution in [1.82, 2.24) is 20.1 Å². The van der Waals surface area contributed by atoms with Gasteiger partial charge in [0.25, 0.3) is 0 Å². The second-order valence-corrected chi connectivity index (χ2v) is 7.26. The topological polar surface area (TPSA) is 73.9 Å². The van der Waals surface area contributed by atoms with Gasteiger partial charge in [0.2, 0.25) is 0 Å². The van der Waals surface area contributed by atoms with E-state index in [9.17, 15) is 13.6 Å². The lowest BCUT2D eigenvalue weighted by molar-refractivity contribution is 0.182. The van der Waals surface area contributed by atoms with Crippen LogP contribution in [0.5, 0.6) is 0 Å². The van der Waals surface area contributed by atoms with Crippen molar-refractivity contribution < 1.29 is 13.6 Å². The van der Waals surface area contributed by atoms with E-state index in [4.69, 9.17) is 0 Å². The summed E-state index contributed by atoms with van der Waals surface area (Å²) in [6, 6.07) is 3.66. The van der Waals surface area contributed by atoms with Crippen LogP contribution in [-0.2, 0) is 13.0 Å². The molecule has 3 heterocycles. The zero-order valence-electron chi connectivity index (χ0n) is 14.9. The molecule has 1 atom stereocenters. The lowest BCUT2D eigenvalue weighted by Crippen LogP contribution is -2.44. The van der Waals surface area contributed by atoms with Gasteiger partial charge in [-0.15, -0.1) is 11.3 Å². The van der Waals surface area contributed by atoms with Crippen LogP contribution in [0.15, 0.2) is 35.4 Å². The van der Waals surface area contributed by atoms with E-state index in [1.807, 2.05) is 12.3 Å². The summed E-state index contributed by atoms with van der Waals surface area (Å²) in [6.45, 7) is 2.33. The highest BCUT2D eigenvalue weighted by atomic mass is 32.1. The number of nitrogens with zero attached hydrogens (tertiary/aromatic N) is 3. The first-order chi connectivity index (χ1) is 13.6. The number of halogens is 2. The predicted molar refractivity (Wildman–Crippen MR) is 104 cm³/mol. The minimum absolute atomic E-state index is 0.0538.